The van der Waals surface area contributed by atoms with Gasteiger partial charge in [0, 0.05) is 75.3 Å². The highest BCUT2D eigenvalue weighted by Crippen LogP contribution is 2.42. The molecule has 1 fully saturated rings. The Morgan fingerprint density at radius 2 is 1.78 bits per heavy atom. The molecule has 3 aliphatic rings. The average Bonchev–Trinajstić information content (AvgIpc) is 3.96. The number of rotatable bonds is 22. The van der Waals surface area contributed by atoms with Crippen molar-refractivity contribution in [1.82, 2.24) is 34.7 Å². The van der Waals surface area contributed by atoms with Gasteiger partial charge in [-0.25, -0.2) is 0 Å². The van der Waals surface area contributed by atoms with Crippen molar-refractivity contribution in [3.63, 3.8) is 0 Å². The van der Waals surface area contributed by atoms with Crippen LogP contribution >= 0.6 is 35.0 Å². The predicted molar refractivity (Wildman–Crippen MR) is 249 cm³/mol. The fourth-order valence-electron chi connectivity index (χ4n) is 7.74. The molecule has 0 radical (unpaired) electrons. The number of ether oxygens (including phenoxy) is 2. The zero-order chi connectivity index (χ0) is 45.6. The number of fused-ring (bicyclic) bond motifs is 3. The van der Waals surface area contributed by atoms with Crippen LogP contribution in [0.1, 0.15) is 43.2 Å². The minimum atomic E-state index is -0.550. The van der Waals surface area contributed by atoms with Gasteiger partial charge in [0.1, 0.15) is 13.2 Å². The lowest BCUT2D eigenvalue weighted by molar-refractivity contribution is -0.143. The Balaban J connectivity index is 0.805. The number of carbonyl (C=O) groups excluding carboxylic acids is 5. The van der Waals surface area contributed by atoms with Gasteiger partial charge in [-0.15, -0.1) is 11.8 Å². The molecule has 4 amide bonds. The molecule has 64 heavy (non-hydrogen) atoms. The van der Waals surface area contributed by atoms with Crippen LogP contribution < -0.4 is 5.32 Å². The molecule has 4 heterocycles. The van der Waals surface area contributed by atoms with Crippen LogP contribution in [0.15, 0.2) is 65.7 Å². The van der Waals surface area contributed by atoms with Crippen LogP contribution in [0.5, 0.6) is 0 Å². The number of benzene rings is 2. The lowest BCUT2D eigenvalue weighted by atomic mass is 9.90. The topological polar surface area (TPSA) is 167 Å². The first-order valence-corrected chi connectivity index (χ1v) is 23.3. The smallest absolute Gasteiger partial charge is 0.248 e. The average molecular weight is 939 g/mol. The van der Waals surface area contributed by atoms with E-state index in [1.165, 1.54) is 4.91 Å². The molecule has 1 atom stereocenters. The summed E-state index contributed by atoms with van der Waals surface area (Å²) in [6, 6.07) is 7.63. The van der Waals surface area contributed by atoms with Crippen LogP contribution in [-0.2, 0) is 53.0 Å². The van der Waals surface area contributed by atoms with Crippen molar-refractivity contribution in [3.8, 4) is 11.3 Å². The number of aliphatic hydroxyl groups is 1. The van der Waals surface area contributed by atoms with Gasteiger partial charge < -0.3 is 39.5 Å². The fraction of sp³-hybridized carbons (Fsp3) is 0.478. The molecule has 0 bridgehead atoms. The van der Waals surface area contributed by atoms with Crippen LogP contribution in [0.3, 0.4) is 0 Å². The van der Waals surface area contributed by atoms with E-state index in [-0.39, 0.29) is 67.4 Å². The van der Waals surface area contributed by atoms with E-state index in [0.717, 1.165) is 46.7 Å². The number of nitrogens with zero attached hydrogens (tertiary/aromatic N) is 6. The largest absolute Gasteiger partial charge is 0.387 e. The molecule has 18 heteroatoms. The first kappa shape index (κ1) is 48.9. The molecule has 2 aromatic carbocycles. The monoisotopic (exact) mass is 937 g/mol. The van der Waals surface area contributed by atoms with Gasteiger partial charge in [0.2, 0.25) is 23.6 Å². The van der Waals surface area contributed by atoms with Gasteiger partial charge in [0.05, 0.1) is 54.1 Å². The SMILES string of the molecule is CN(C)C/C=C/C(=O)N1CCN(C2CC=C(CC/C=C/C(=O)CCOCCOCCC(=O)NCCn3ccc(-c4cc(Cl)c(Cl)c5ccc6c(c45)CN(C(=O)CO)CC6)n3)S2)C(=O)C1. The summed E-state index contributed by atoms with van der Waals surface area (Å²) in [6.45, 7) is 4.05. The quantitative estimate of drug-likeness (QED) is 0.104. The number of hydrogen-bond donors (Lipinski definition) is 2. The second-order valence-corrected chi connectivity index (χ2v) is 18.1. The highest BCUT2D eigenvalue weighted by molar-refractivity contribution is 8.03. The minimum absolute atomic E-state index is 0.0176. The molecule has 3 aromatic rings. The maximum Gasteiger partial charge on any atom is 0.248 e. The Morgan fingerprint density at radius 3 is 2.55 bits per heavy atom. The van der Waals surface area contributed by atoms with E-state index in [1.807, 2.05) is 60.4 Å². The molecule has 15 nitrogen and oxygen atoms in total. The van der Waals surface area contributed by atoms with Crippen LogP contribution in [0.4, 0.5) is 0 Å². The lowest BCUT2D eigenvalue weighted by Gasteiger charge is -2.37. The Labute approximate surface area is 388 Å². The van der Waals surface area contributed by atoms with Crippen molar-refractivity contribution < 1.29 is 38.6 Å². The van der Waals surface area contributed by atoms with Crippen LogP contribution in [0.2, 0.25) is 10.0 Å². The van der Waals surface area contributed by atoms with Gasteiger partial charge >= 0.3 is 0 Å². The number of aromatic nitrogens is 2. The van der Waals surface area contributed by atoms with E-state index >= 15 is 0 Å². The summed E-state index contributed by atoms with van der Waals surface area (Å²) >= 11 is 14.9. The van der Waals surface area contributed by atoms with Gasteiger partial charge in [-0.3, -0.25) is 28.7 Å². The molecule has 1 saturated heterocycles. The second-order valence-electron chi connectivity index (χ2n) is 16.0. The fourth-order valence-corrected chi connectivity index (χ4v) is 9.49. The first-order valence-electron chi connectivity index (χ1n) is 21.6. The van der Waals surface area contributed by atoms with Gasteiger partial charge in [0.15, 0.2) is 5.78 Å². The van der Waals surface area contributed by atoms with Crippen LogP contribution in [0.25, 0.3) is 22.0 Å². The molecular formula is C46H57Cl2N7O8S. The summed E-state index contributed by atoms with van der Waals surface area (Å²) in [7, 11) is 3.86. The normalized spacial score (nSPS) is 16.7. The van der Waals surface area contributed by atoms with Gasteiger partial charge in [-0.05, 0) is 79.4 Å². The minimum Gasteiger partial charge on any atom is -0.387 e. The molecule has 0 saturated carbocycles. The number of hydrogen-bond acceptors (Lipinski definition) is 11. The van der Waals surface area contributed by atoms with Crippen molar-refractivity contribution in [2.75, 3.05) is 86.4 Å². The number of allylic oxidation sites excluding steroid dienone is 3. The molecule has 1 unspecified atom stereocenters. The summed E-state index contributed by atoms with van der Waals surface area (Å²) in [5.74, 6) is -0.662. The molecule has 0 spiro atoms. The Morgan fingerprint density at radius 1 is 0.984 bits per heavy atom. The molecular weight excluding hydrogens is 882 g/mol. The number of aliphatic hydroxyl groups excluding tert-OH is 1. The van der Waals surface area contributed by atoms with Crippen molar-refractivity contribution >= 4 is 75.1 Å². The van der Waals surface area contributed by atoms with Crippen molar-refractivity contribution in [1.29, 1.82) is 0 Å². The zero-order valence-corrected chi connectivity index (χ0v) is 38.8. The molecule has 2 N–H and O–H groups in total. The number of likely N-dealkylation sites (N-methyl/N-ethyl adjacent to an activating group) is 1. The standard InChI is InChI=1S/C46H57Cl2N7O8S/c1-51(2)18-5-8-41(59)53-22-23-55(42(60)30-53)44-12-10-34(64-44)7-4-3-6-33(57)15-24-62-26-27-63-25-16-40(58)49-17-21-54-20-14-39(50-54)36-28-38(47)46(48)35-11-9-32-13-19-52(43(61)31-56)29-37(32)45(35)36/h3,5-6,8-11,14,20,28,44,56H,4,7,12-13,15-19,21-27,29-31H2,1-2H3,(H,49,58)/b6-3+,8-5+. The highest BCUT2D eigenvalue weighted by Gasteiger charge is 2.33. The third kappa shape index (κ3) is 13.5. The molecule has 1 aromatic heterocycles. The third-order valence-corrected chi connectivity index (χ3v) is 13.3. The van der Waals surface area contributed by atoms with Gasteiger partial charge in [-0.1, -0.05) is 53.6 Å². The summed E-state index contributed by atoms with van der Waals surface area (Å²) in [4.78, 5) is 70.7. The number of ketones is 1. The van der Waals surface area contributed by atoms with E-state index < -0.39 is 6.61 Å². The summed E-state index contributed by atoms with van der Waals surface area (Å²) in [5, 5.41) is 19.6. The lowest BCUT2D eigenvalue weighted by Crippen LogP contribution is -2.54. The number of carbonyl (C=O) groups is 5. The summed E-state index contributed by atoms with van der Waals surface area (Å²) in [6.07, 6.45) is 14.2. The Bertz CT molecular complexity index is 2260. The van der Waals surface area contributed by atoms with Gasteiger partial charge in [-0.2, -0.15) is 5.10 Å². The van der Waals surface area contributed by atoms with E-state index in [2.05, 4.69) is 11.4 Å². The molecule has 0 aliphatic carbocycles. The maximum atomic E-state index is 12.9. The van der Waals surface area contributed by atoms with Crippen molar-refractivity contribution in [2.45, 2.75) is 57.0 Å². The second kappa shape index (κ2) is 24.1. The summed E-state index contributed by atoms with van der Waals surface area (Å²) < 4.78 is 12.9. The zero-order valence-electron chi connectivity index (χ0n) is 36.4. The van der Waals surface area contributed by atoms with E-state index in [4.69, 9.17) is 37.8 Å². The number of amides is 4. The number of nitrogens with one attached hydrogen (secondary N) is 1. The first-order chi connectivity index (χ1) is 30.9. The predicted octanol–water partition coefficient (Wildman–Crippen LogP) is 4.86. The maximum absolute atomic E-state index is 12.9. The van der Waals surface area contributed by atoms with E-state index in [0.29, 0.717) is 81.2 Å². The molecule has 6 rings (SSSR count). The van der Waals surface area contributed by atoms with E-state index in [9.17, 15) is 29.1 Å². The Kier molecular flexibility index (Phi) is 18.4. The summed E-state index contributed by atoms with van der Waals surface area (Å²) in [5.41, 5.74) is 3.52. The number of thioether (sulfide) groups is 1. The van der Waals surface area contributed by atoms with E-state index in [1.54, 1.807) is 44.5 Å². The van der Waals surface area contributed by atoms with Crippen molar-refractivity contribution in [2.24, 2.45) is 0 Å². The Hall–Kier alpha value is -4.55. The van der Waals surface area contributed by atoms with Crippen LogP contribution in [0, 0.1) is 0 Å². The third-order valence-electron chi connectivity index (χ3n) is 11.1. The highest BCUT2D eigenvalue weighted by atomic mass is 35.5. The number of piperazine rings is 1. The van der Waals surface area contributed by atoms with Crippen molar-refractivity contribution in [3.05, 3.63) is 86.9 Å². The molecule has 344 valence electrons. The van der Waals surface area contributed by atoms with Crippen LogP contribution in [-0.4, -0.2) is 156 Å². The number of halogens is 2. The van der Waals surface area contributed by atoms with Gasteiger partial charge in [0.25, 0.3) is 0 Å². The molecule has 3 aliphatic heterocycles.